The van der Waals surface area contributed by atoms with Crippen LogP contribution in [0.2, 0.25) is 0 Å². The molecule has 2 N–H and O–H groups in total. The zero-order valence-electron chi connectivity index (χ0n) is 13.0. The van der Waals surface area contributed by atoms with Crippen LogP contribution in [0.1, 0.15) is 24.3 Å². The molecule has 0 spiro atoms. The zero-order chi connectivity index (χ0) is 16.0. The largest absolute Gasteiger partial charge is 0.326 e. The number of H-pyrrole nitrogens is 1. The molecule has 0 atom stereocenters. The number of nitrogens with zero attached hydrogens (tertiary/aromatic N) is 1. The van der Waals surface area contributed by atoms with Crippen LogP contribution >= 0.6 is 23.1 Å². The third-order valence-corrected chi connectivity index (χ3v) is 6.64. The summed E-state index contributed by atoms with van der Waals surface area (Å²) in [6, 6.07) is 9.74. The summed E-state index contributed by atoms with van der Waals surface area (Å²) in [6.07, 6.45) is 0.920. The third kappa shape index (κ3) is 2.77. The fourth-order valence-electron chi connectivity index (χ4n) is 2.87. The Morgan fingerprint density at radius 2 is 2.04 bits per heavy atom. The van der Waals surface area contributed by atoms with Crippen LogP contribution in [-0.4, -0.2) is 14.7 Å². The molecule has 0 amide bonds. The van der Waals surface area contributed by atoms with Crippen molar-refractivity contribution in [2.24, 2.45) is 0 Å². The second-order valence-electron chi connectivity index (χ2n) is 6.31. The second-order valence-corrected chi connectivity index (χ2v) is 9.08. The average Bonchev–Trinajstić information content (AvgIpc) is 2.85. The van der Waals surface area contributed by atoms with Crippen molar-refractivity contribution in [1.82, 2.24) is 9.97 Å². The normalized spacial score (nSPS) is 16.3. The summed E-state index contributed by atoms with van der Waals surface area (Å²) < 4.78 is 0.175. The van der Waals surface area contributed by atoms with Gasteiger partial charge in [0.05, 0.1) is 5.39 Å². The molecule has 3 aromatic rings. The van der Waals surface area contributed by atoms with Crippen molar-refractivity contribution in [3.63, 3.8) is 0 Å². The van der Waals surface area contributed by atoms with Gasteiger partial charge in [0.2, 0.25) is 5.95 Å². The number of aromatic amines is 1. The van der Waals surface area contributed by atoms with Gasteiger partial charge in [-0.1, -0.05) is 32.0 Å². The van der Waals surface area contributed by atoms with E-state index in [0.717, 1.165) is 28.1 Å². The molecule has 6 heteroatoms. The lowest BCUT2D eigenvalue weighted by atomic mass is 10.00. The molecule has 4 nitrogen and oxygen atoms in total. The van der Waals surface area contributed by atoms with Crippen LogP contribution in [0, 0.1) is 0 Å². The van der Waals surface area contributed by atoms with Gasteiger partial charge < -0.3 is 5.32 Å². The number of rotatable bonds is 2. The van der Waals surface area contributed by atoms with E-state index in [4.69, 9.17) is 0 Å². The van der Waals surface area contributed by atoms with E-state index in [2.05, 4.69) is 29.1 Å². The standard InChI is InChI=1S/C17H17N3OS2/c1-17(2)8-11-12(9-22-17)23-15-13(11)14(21)19-16(20-15)18-10-6-4-3-5-7-10/h3-7H,8-9H2,1-2H3,(H2,18,19,20,21). The van der Waals surface area contributed by atoms with E-state index in [1.807, 2.05) is 42.1 Å². The highest BCUT2D eigenvalue weighted by Gasteiger charge is 2.30. The van der Waals surface area contributed by atoms with Gasteiger partial charge in [-0.2, -0.15) is 0 Å². The first-order chi connectivity index (χ1) is 11.0. The predicted molar refractivity (Wildman–Crippen MR) is 99.0 cm³/mol. The number of benzene rings is 1. The summed E-state index contributed by atoms with van der Waals surface area (Å²) in [6.45, 7) is 4.47. The van der Waals surface area contributed by atoms with Gasteiger partial charge in [0, 0.05) is 21.1 Å². The molecule has 0 saturated heterocycles. The van der Waals surface area contributed by atoms with Crippen molar-refractivity contribution < 1.29 is 0 Å². The molecule has 0 bridgehead atoms. The number of nitrogens with one attached hydrogen (secondary N) is 2. The van der Waals surface area contributed by atoms with Crippen LogP contribution in [0.4, 0.5) is 11.6 Å². The molecule has 1 aliphatic rings. The van der Waals surface area contributed by atoms with Crippen molar-refractivity contribution in [3.8, 4) is 0 Å². The van der Waals surface area contributed by atoms with Crippen molar-refractivity contribution in [2.75, 3.05) is 5.32 Å². The number of para-hydroxylation sites is 1. The van der Waals surface area contributed by atoms with Gasteiger partial charge in [-0.05, 0) is 24.1 Å². The highest BCUT2D eigenvalue weighted by Crippen LogP contribution is 2.43. The third-order valence-electron chi connectivity index (χ3n) is 3.98. The van der Waals surface area contributed by atoms with E-state index >= 15 is 0 Å². The number of anilines is 2. The molecule has 4 rings (SSSR count). The highest BCUT2D eigenvalue weighted by molar-refractivity contribution is 8.00. The Morgan fingerprint density at radius 1 is 1.26 bits per heavy atom. The quantitative estimate of drug-likeness (QED) is 0.728. The maximum absolute atomic E-state index is 12.6. The molecule has 2 aromatic heterocycles. The van der Waals surface area contributed by atoms with Crippen LogP contribution in [-0.2, 0) is 12.2 Å². The van der Waals surface area contributed by atoms with Crippen molar-refractivity contribution in [3.05, 3.63) is 51.1 Å². The summed E-state index contributed by atoms with van der Waals surface area (Å²) in [7, 11) is 0. The summed E-state index contributed by atoms with van der Waals surface area (Å²) >= 11 is 3.59. The van der Waals surface area contributed by atoms with Gasteiger partial charge in [0.15, 0.2) is 0 Å². The first-order valence-electron chi connectivity index (χ1n) is 7.52. The average molecular weight is 343 g/mol. The van der Waals surface area contributed by atoms with Crippen LogP contribution in [0.15, 0.2) is 35.1 Å². The van der Waals surface area contributed by atoms with Crippen LogP contribution in [0.3, 0.4) is 0 Å². The lowest BCUT2D eigenvalue weighted by Crippen LogP contribution is -2.23. The second kappa shape index (κ2) is 5.39. The molecule has 118 valence electrons. The van der Waals surface area contributed by atoms with Crippen LogP contribution in [0.5, 0.6) is 0 Å². The van der Waals surface area contributed by atoms with E-state index < -0.39 is 0 Å². The summed E-state index contributed by atoms with van der Waals surface area (Å²) in [5.41, 5.74) is 2.05. The number of thiophene rings is 1. The monoisotopic (exact) mass is 343 g/mol. The first kappa shape index (κ1) is 14.8. The van der Waals surface area contributed by atoms with E-state index in [9.17, 15) is 4.79 Å². The summed E-state index contributed by atoms with van der Waals surface area (Å²) in [5.74, 6) is 1.46. The van der Waals surface area contributed by atoms with Gasteiger partial charge in [-0.3, -0.25) is 9.78 Å². The maximum atomic E-state index is 12.6. The van der Waals surface area contributed by atoms with Gasteiger partial charge >= 0.3 is 0 Å². The van der Waals surface area contributed by atoms with Gasteiger partial charge in [-0.15, -0.1) is 23.1 Å². The van der Waals surface area contributed by atoms with Gasteiger partial charge in [0.1, 0.15) is 4.83 Å². The lowest BCUT2D eigenvalue weighted by molar-refractivity contribution is 0.699. The van der Waals surface area contributed by atoms with Crippen LogP contribution < -0.4 is 10.9 Å². The summed E-state index contributed by atoms with van der Waals surface area (Å²) in [4.78, 5) is 22.2. The van der Waals surface area contributed by atoms with E-state index in [-0.39, 0.29) is 10.3 Å². The molecule has 0 radical (unpaired) electrons. The molecule has 0 saturated carbocycles. The van der Waals surface area contributed by atoms with Crippen molar-refractivity contribution in [1.29, 1.82) is 0 Å². The molecule has 3 heterocycles. The van der Waals surface area contributed by atoms with Crippen molar-refractivity contribution in [2.45, 2.75) is 30.8 Å². The molecular weight excluding hydrogens is 326 g/mol. The van der Waals surface area contributed by atoms with Crippen LogP contribution in [0.25, 0.3) is 10.2 Å². The SMILES string of the molecule is CC1(C)Cc2c(sc3nc(Nc4ccccc4)[nH]c(=O)c23)CS1. The molecule has 0 fully saturated rings. The Hall–Kier alpha value is -1.79. The number of hydrogen-bond acceptors (Lipinski definition) is 5. The molecule has 0 unspecified atom stereocenters. The fraction of sp³-hybridized carbons (Fsp3) is 0.294. The highest BCUT2D eigenvalue weighted by atomic mass is 32.2. The molecule has 0 aliphatic carbocycles. The van der Waals surface area contributed by atoms with E-state index in [0.29, 0.717) is 5.95 Å². The fourth-order valence-corrected chi connectivity index (χ4v) is 5.21. The molecule has 23 heavy (non-hydrogen) atoms. The Bertz CT molecular complexity index is 928. The Kier molecular flexibility index (Phi) is 3.46. The first-order valence-corrected chi connectivity index (χ1v) is 9.33. The van der Waals surface area contributed by atoms with Gasteiger partial charge in [0.25, 0.3) is 5.56 Å². The van der Waals surface area contributed by atoms with E-state index in [1.165, 1.54) is 10.4 Å². The Morgan fingerprint density at radius 3 is 2.83 bits per heavy atom. The number of fused-ring (bicyclic) bond motifs is 3. The Labute approximate surface area is 142 Å². The van der Waals surface area contributed by atoms with Crippen molar-refractivity contribution >= 4 is 45.0 Å². The maximum Gasteiger partial charge on any atom is 0.261 e. The number of hydrogen-bond donors (Lipinski definition) is 2. The van der Waals surface area contributed by atoms with E-state index in [1.54, 1.807) is 11.3 Å². The zero-order valence-corrected chi connectivity index (χ0v) is 14.6. The molecule has 1 aromatic carbocycles. The van der Waals surface area contributed by atoms with Gasteiger partial charge in [-0.25, -0.2) is 4.98 Å². The molecule has 1 aliphatic heterocycles. The molecular formula is C17H17N3OS2. The number of aromatic nitrogens is 2. The minimum Gasteiger partial charge on any atom is -0.326 e. The minimum atomic E-state index is -0.0476. The minimum absolute atomic E-state index is 0.0476. The number of thioether (sulfide) groups is 1. The predicted octanol–water partition coefficient (Wildman–Crippen LogP) is 4.30. The summed E-state index contributed by atoms with van der Waals surface area (Å²) in [5, 5.41) is 3.94. The topological polar surface area (TPSA) is 57.8 Å². The lowest BCUT2D eigenvalue weighted by Gasteiger charge is -2.28. The Balaban J connectivity index is 1.79. The smallest absolute Gasteiger partial charge is 0.261 e.